The molecule has 0 bridgehead atoms. The Bertz CT molecular complexity index is 730. The van der Waals surface area contributed by atoms with Crippen molar-refractivity contribution < 1.29 is 28.3 Å². The van der Waals surface area contributed by atoms with Crippen LogP contribution >= 0.6 is 11.6 Å². The summed E-state index contributed by atoms with van der Waals surface area (Å²) in [6, 6.07) is 9.39. The largest absolute Gasteiger partial charge is 0.479 e. The lowest BCUT2D eigenvalue weighted by atomic mass is 10.3. The summed E-state index contributed by atoms with van der Waals surface area (Å²) in [6.45, 7) is 0.902. The monoisotopic (exact) mass is 366 g/mol. The molecule has 1 aromatic carbocycles. The highest BCUT2D eigenvalue weighted by Crippen LogP contribution is 2.17. The van der Waals surface area contributed by atoms with Gasteiger partial charge in [0.25, 0.3) is 5.91 Å². The molecule has 0 saturated carbocycles. The van der Waals surface area contributed by atoms with Crippen molar-refractivity contribution in [2.75, 3.05) is 6.61 Å². The number of furan rings is 1. The standard InChI is InChI=1S/C16H15ClN2O6/c1-10(25-12-6-4-11(17)5-7-12)16(22)24-9-14(20)18-19-15(21)13-3-2-8-23-13/h2-8,10H,9H2,1H3,(H,18,20)(H,19,21)/t10-/m1/s1. The number of hydrogen-bond donors (Lipinski definition) is 2. The Balaban J connectivity index is 1.70. The normalized spacial score (nSPS) is 11.3. The van der Waals surface area contributed by atoms with Crippen molar-refractivity contribution in [3.63, 3.8) is 0 Å². The van der Waals surface area contributed by atoms with Crippen LogP contribution in [-0.4, -0.2) is 30.5 Å². The highest BCUT2D eigenvalue weighted by atomic mass is 35.5. The van der Waals surface area contributed by atoms with Crippen LogP contribution in [0.15, 0.2) is 47.1 Å². The van der Waals surface area contributed by atoms with Crippen LogP contribution in [0, 0.1) is 0 Å². The molecule has 0 aliphatic carbocycles. The molecule has 0 radical (unpaired) electrons. The van der Waals surface area contributed by atoms with Crippen LogP contribution in [0.5, 0.6) is 5.75 Å². The van der Waals surface area contributed by atoms with Crippen LogP contribution < -0.4 is 15.6 Å². The molecule has 2 rings (SSSR count). The van der Waals surface area contributed by atoms with E-state index in [-0.39, 0.29) is 5.76 Å². The molecule has 9 heteroatoms. The predicted octanol–water partition coefficient (Wildman–Crippen LogP) is 1.70. The van der Waals surface area contributed by atoms with Crippen molar-refractivity contribution in [1.82, 2.24) is 10.9 Å². The Morgan fingerprint density at radius 2 is 1.88 bits per heavy atom. The third kappa shape index (κ3) is 5.85. The quantitative estimate of drug-likeness (QED) is 0.595. The van der Waals surface area contributed by atoms with E-state index in [0.717, 1.165) is 0 Å². The summed E-state index contributed by atoms with van der Waals surface area (Å²) in [4.78, 5) is 34.9. The average molecular weight is 367 g/mol. The third-order valence-corrected chi connectivity index (χ3v) is 3.12. The van der Waals surface area contributed by atoms with Gasteiger partial charge in [-0.1, -0.05) is 11.6 Å². The molecule has 8 nitrogen and oxygen atoms in total. The van der Waals surface area contributed by atoms with Gasteiger partial charge in [-0.15, -0.1) is 0 Å². The summed E-state index contributed by atoms with van der Waals surface area (Å²) in [5.74, 6) is -1.62. The maximum absolute atomic E-state index is 11.8. The molecule has 2 aromatic rings. The number of hydrogen-bond acceptors (Lipinski definition) is 6. The van der Waals surface area contributed by atoms with Crippen LogP contribution in [0.3, 0.4) is 0 Å². The van der Waals surface area contributed by atoms with Crippen LogP contribution in [0.4, 0.5) is 0 Å². The van der Waals surface area contributed by atoms with Gasteiger partial charge in [-0.05, 0) is 43.3 Å². The molecule has 0 aliphatic rings. The molecular formula is C16H15ClN2O6. The number of hydrazine groups is 1. The summed E-state index contributed by atoms with van der Waals surface area (Å²) in [5, 5.41) is 0.538. The average Bonchev–Trinajstić information content (AvgIpc) is 3.14. The first kappa shape index (κ1) is 18.3. The number of carbonyl (C=O) groups excluding carboxylic acids is 3. The number of nitrogens with one attached hydrogen (secondary N) is 2. The van der Waals surface area contributed by atoms with Crippen LogP contribution in [-0.2, 0) is 14.3 Å². The summed E-state index contributed by atoms with van der Waals surface area (Å²) in [7, 11) is 0. The van der Waals surface area contributed by atoms with Crippen molar-refractivity contribution in [3.8, 4) is 5.75 Å². The fraction of sp³-hybridized carbons (Fsp3) is 0.188. The second kappa shape index (κ2) is 8.74. The van der Waals surface area contributed by atoms with Crippen molar-refractivity contribution >= 4 is 29.4 Å². The topological polar surface area (TPSA) is 107 Å². The minimum absolute atomic E-state index is 0.0299. The summed E-state index contributed by atoms with van der Waals surface area (Å²) in [5.41, 5.74) is 4.21. The van der Waals surface area contributed by atoms with E-state index in [0.29, 0.717) is 10.8 Å². The number of halogens is 1. The van der Waals surface area contributed by atoms with Gasteiger partial charge in [-0.2, -0.15) is 0 Å². The van der Waals surface area contributed by atoms with Gasteiger partial charge in [-0.3, -0.25) is 20.4 Å². The summed E-state index contributed by atoms with van der Waals surface area (Å²) in [6.07, 6.45) is 0.396. The molecule has 25 heavy (non-hydrogen) atoms. The van der Waals surface area contributed by atoms with Gasteiger partial charge < -0.3 is 13.9 Å². The zero-order valence-electron chi connectivity index (χ0n) is 13.2. The van der Waals surface area contributed by atoms with E-state index in [1.807, 2.05) is 0 Å². The maximum Gasteiger partial charge on any atom is 0.347 e. The first-order valence-electron chi connectivity index (χ1n) is 7.17. The zero-order chi connectivity index (χ0) is 18.2. The SMILES string of the molecule is C[C@@H](Oc1ccc(Cl)cc1)C(=O)OCC(=O)NNC(=O)c1ccco1. The van der Waals surface area contributed by atoms with E-state index in [2.05, 4.69) is 10.9 Å². The van der Waals surface area contributed by atoms with Crippen molar-refractivity contribution in [2.45, 2.75) is 13.0 Å². The Labute approximate surface area is 148 Å². The lowest BCUT2D eigenvalue weighted by molar-refractivity contribution is -0.154. The van der Waals surface area contributed by atoms with E-state index in [4.69, 9.17) is 25.5 Å². The second-order valence-electron chi connectivity index (χ2n) is 4.80. The molecule has 0 spiro atoms. The molecule has 132 valence electrons. The van der Waals surface area contributed by atoms with Gasteiger partial charge in [0.1, 0.15) is 5.75 Å². The fourth-order valence-corrected chi connectivity index (χ4v) is 1.78. The first-order valence-corrected chi connectivity index (χ1v) is 7.55. The summed E-state index contributed by atoms with van der Waals surface area (Å²) >= 11 is 5.75. The third-order valence-electron chi connectivity index (χ3n) is 2.86. The smallest absolute Gasteiger partial charge is 0.347 e. The Kier molecular flexibility index (Phi) is 6.41. The fourth-order valence-electron chi connectivity index (χ4n) is 1.65. The molecule has 0 unspecified atom stereocenters. The van der Waals surface area contributed by atoms with Crippen LogP contribution in [0.1, 0.15) is 17.5 Å². The number of amides is 2. The van der Waals surface area contributed by atoms with E-state index in [9.17, 15) is 14.4 Å². The Hall–Kier alpha value is -3.00. The number of ether oxygens (including phenoxy) is 2. The zero-order valence-corrected chi connectivity index (χ0v) is 13.9. The molecule has 1 atom stereocenters. The maximum atomic E-state index is 11.8. The molecule has 2 amide bonds. The Morgan fingerprint density at radius 1 is 1.16 bits per heavy atom. The molecule has 0 aliphatic heterocycles. The molecule has 1 heterocycles. The van der Waals surface area contributed by atoms with Gasteiger partial charge in [0, 0.05) is 5.02 Å². The number of benzene rings is 1. The number of carbonyl (C=O) groups is 3. The van der Waals surface area contributed by atoms with E-state index in [1.54, 1.807) is 24.3 Å². The van der Waals surface area contributed by atoms with Gasteiger partial charge in [-0.25, -0.2) is 4.79 Å². The molecule has 0 fully saturated rings. The van der Waals surface area contributed by atoms with Crippen LogP contribution in [0.2, 0.25) is 5.02 Å². The lowest BCUT2D eigenvalue weighted by Gasteiger charge is -2.14. The van der Waals surface area contributed by atoms with Crippen molar-refractivity contribution in [2.24, 2.45) is 0 Å². The molecule has 0 saturated heterocycles. The second-order valence-corrected chi connectivity index (χ2v) is 5.24. The Morgan fingerprint density at radius 3 is 2.52 bits per heavy atom. The highest BCUT2D eigenvalue weighted by Gasteiger charge is 2.18. The summed E-state index contributed by atoms with van der Waals surface area (Å²) < 4.78 is 15.0. The van der Waals surface area contributed by atoms with E-state index < -0.39 is 30.5 Å². The van der Waals surface area contributed by atoms with E-state index >= 15 is 0 Å². The van der Waals surface area contributed by atoms with Crippen molar-refractivity contribution in [3.05, 3.63) is 53.4 Å². The van der Waals surface area contributed by atoms with E-state index in [1.165, 1.54) is 25.3 Å². The number of rotatable bonds is 6. The molecular weight excluding hydrogens is 352 g/mol. The molecule has 2 N–H and O–H groups in total. The van der Waals surface area contributed by atoms with Crippen molar-refractivity contribution in [1.29, 1.82) is 0 Å². The minimum atomic E-state index is -0.924. The van der Waals surface area contributed by atoms with Gasteiger partial charge in [0.05, 0.1) is 6.26 Å². The highest BCUT2D eigenvalue weighted by molar-refractivity contribution is 6.30. The predicted molar refractivity (Wildman–Crippen MR) is 86.8 cm³/mol. The van der Waals surface area contributed by atoms with Gasteiger partial charge >= 0.3 is 11.9 Å². The first-order chi connectivity index (χ1) is 12.0. The van der Waals surface area contributed by atoms with Gasteiger partial charge in [0.15, 0.2) is 18.5 Å². The number of esters is 1. The minimum Gasteiger partial charge on any atom is -0.479 e. The lowest BCUT2D eigenvalue weighted by Crippen LogP contribution is -2.44. The van der Waals surface area contributed by atoms with Crippen LogP contribution in [0.25, 0.3) is 0 Å². The molecule has 1 aromatic heterocycles. The van der Waals surface area contributed by atoms with Gasteiger partial charge in [0.2, 0.25) is 0 Å².